The first kappa shape index (κ1) is 15.6. The largest absolute Gasteiger partial charge is 0.464 e. The smallest absolute Gasteiger partial charge is 0.322 e. The quantitative estimate of drug-likeness (QED) is 0.835. The van der Waals surface area contributed by atoms with Gasteiger partial charge in [-0.15, -0.1) is 0 Å². The maximum atomic E-state index is 5.53. The Morgan fingerprint density at radius 1 is 1.14 bits per heavy atom. The van der Waals surface area contributed by atoms with Gasteiger partial charge in [-0.2, -0.15) is 15.0 Å². The van der Waals surface area contributed by atoms with Crippen LogP contribution in [0.3, 0.4) is 0 Å². The Balaban J connectivity index is 2.21. The summed E-state index contributed by atoms with van der Waals surface area (Å²) in [6.07, 6.45) is 0.982. The fraction of sp³-hybridized carbons (Fsp3) is 0.538. The zero-order valence-corrected chi connectivity index (χ0v) is 13.5. The van der Waals surface area contributed by atoms with E-state index in [1.807, 2.05) is 20.8 Å². The molecule has 0 aliphatic heterocycles. The lowest BCUT2D eigenvalue weighted by molar-refractivity contribution is 0.308. The minimum absolute atomic E-state index is 0.300. The molecule has 0 aliphatic rings. The number of ether oxygens (including phenoxy) is 1. The molecule has 0 amide bonds. The molecule has 0 fully saturated rings. The number of aromatic nitrogens is 4. The first-order chi connectivity index (χ1) is 10.1. The molecule has 0 bridgehead atoms. The number of nitrogens with one attached hydrogen (secondary N) is 1. The molecule has 8 heteroatoms. The van der Waals surface area contributed by atoms with E-state index in [9.17, 15) is 0 Å². The Morgan fingerprint density at radius 2 is 1.95 bits per heavy atom. The lowest BCUT2D eigenvalue weighted by atomic mass is 10.4. The van der Waals surface area contributed by atoms with Gasteiger partial charge in [0.1, 0.15) is 5.76 Å². The highest BCUT2D eigenvalue weighted by Gasteiger charge is 2.13. The van der Waals surface area contributed by atoms with Gasteiger partial charge in [-0.05, 0) is 27.2 Å². The van der Waals surface area contributed by atoms with Crippen LogP contribution in [0.4, 0.5) is 5.95 Å². The minimum atomic E-state index is 0.300. The minimum Gasteiger partial charge on any atom is -0.464 e. The summed E-state index contributed by atoms with van der Waals surface area (Å²) in [7, 11) is 0. The second-order valence-corrected chi connectivity index (χ2v) is 5.23. The molecule has 1 N–H and O–H groups in total. The predicted molar refractivity (Wildman–Crippen MR) is 79.9 cm³/mol. The van der Waals surface area contributed by atoms with Crippen LogP contribution in [0.15, 0.2) is 14.8 Å². The summed E-state index contributed by atoms with van der Waals surface area (Å²) >= 11 is 1.25. The van der Waals surface area contributed by atoms with E-state index in [0.717, 1.165) is 24.4 Å². The molecular weight excluding hydrogens is 290 g/mol. The highest BCUT2D eigenvalue weighted by molar-refractivity contribution is 7.98. The molecule has 0 saturated heterocycles. The van der Waals surface area contributed by atoms with Crippen molar-refractivity contribution in [2.24, 2.45) is 0 Å². The Bertz CT molecular complexity index is 583. The van der Waals surface area contributed by atoms with E-state index in [0.29, 0.717) is 28.9 Å². The number of anilines is 1. The SMILES string of the molecule is CCCNc1nc(OCC)nc(Sc2nc(C)c(C)o2)n1. The zero-order chi connectivity index (χ0) is 15.2. The second-order valence-electron chi connectivity index (χ2n) is 4.31. The van der Waals surface area contributed by atoms with Crippen molar-refractivity contribution in [3.05, 3.63) is 11.5 Å². The van der Waals surface area contributed by atoms with Crippen molar-refractivity contribution in [1.29, 1.82) is 0 Å². The van der Waals surface area contributed by atoms with Crippen LogP contribution in [0.25, 0.3) is 0 Å². The Labute approximate surface area is 128 Å². The van der Waals surface area contributed by atoms with Gasteiger partial charge in [-0.25, -0.2) is 4.98 Å². The third-order valence-electron chi connectivity index (χ3n) is 2.59. The van der Waals surface area contributed by atoms with Gasteiger partial charge >= 0.3 is 6.01 Å². The van der Waals surface area contributed by atoms with E-state index < -0.39 is 0 Å². The van der Waals surface area contributed by atoms with Gasteiger partial charge in [-0.1, -0.05) is 6.92 Å². The Kier molecular flexibility index (Phi) is 5.38. The van der Waals surface area contributed by atoms with Crippen molar-refractivity contribution in [1.82, 2.24) is 19.9 Å². The standard InChI is InChI=1S/C13H19N5O2S/c1-5-7-14-10-16-11(19-6-2)18-12(17-10)21-13-15-8(3)9(4)20-13/h5-7H2,1-4H3,(H,14,16,17,18). The maximum absolute atomic E-state index is 5.53. The highest BCUT2D eigenvalue weighted by Crippen LogP contribution is 2.27. The van der Waals surface area contributed by atoms with Gasteiger partial charge < -0.3 is 14.5 Å². The van der Waals surface area contributed by atoms with Crippen LogP contribution in [0.5, 0.6) is 6.01 Å². The molecule has 0 unspecified atom stereocenters. The molecule has 0 spiro atoms. The topological polar surface area (TPSA) is 86.0 Å². The average molecular weight is 309 g/mol. The molecule has 21 heavy (non-hydrogen) atoms. The summed E-state index contributed by atoms with van der Waals surface area (Å²) in [6.45, 7) is 9.02. The summed E-state index contributed by atoms with van der Waals surface area (Å²) in [5.74, 6) is 1.29. The maximum Gasteiger partial charge on any atom is 0.322 e. The molecule has 114 valence electrons. The fourth-order valence-electron chi connectivity index (χ4n) is 1.46. The van der Waals surface area contributed by atoms with Gasteiger partial charge in [-0.3, -0.25) is 0 Å². The predicted octanol–water partition coefficient (Wildman–Crippen LogP) is 2.85. The summed E-state index contributed by atoms with van der Waals surface area (Å²) in [5.41, 5.74) is 0.862. The number of aryl methyl sites for hydroxylation is 2. The van der Waals surface area contributed by atoms with Crippen molar-refractivity contribution in [3.63, 3.8) is 0 Å². The molecule has 2 heterocycles. The molecule has 2 aromatic heterocycles. The molecule has 2 aromatic rings. The van der Waals surface area contributed by atoms with Gasteiger partial charge in [0.25, 0.3) is 5.22 Å². The van der Waals surface area contributed by atoms with Crippen molar-refractivity contribution in [3.8, 4) is 6.01 Å². The van der Waals surface area contributed by atoms with Crippen LogP contribution in [-0.4, -0.2) is 33.1 Å². The van der Waals surface area contributed by atoms with Crippen LogP contribution in [0.1, 0.15) is 31.7 Å². The summed E-state index contributed by atoms with van der Waals surface area (Å²) in [4.78, 5) is 17.1. The van der Waals surface area contributed by atoms with E-state index in [1.54, 1.807) is 0 Å². The normalized spacial score (nSPS) is 10.7. The van der Waals surface area contributed by atoms with E-state index in [4.69, 9.17) is 9.15 Å². The van der Waals surface area contributed by atoms with E-state index >= 15 is 0 Å². The monoisotopic (exact) mass is 309 g/mol. The molecule has 0 aromatic carbocycles. The van der Waals surface area contributed by atoms with E-state index in [2.05, 4.69) is 32.2 Å². The van der Waals surface area contributed by atoms with Gasteiger partial charge in [0.05, 0.1) is 12.3 Å². The summed E-state index contributed by atoms with van der Waals surface area (Å²) < 4.78 is 10.9. The van der Waals surface area contributed by atoms with Crippen molar-refractivity contribution in [2.75, 3.05) is 18.5 Å². The fourth-order valence-corrected chi connectivity index (χ4v) is 2.22. The van der Waals surface area contributed by atoms with E-state index in [-0.39, 0.29) is 0 Å². The third-order valence-corrected chi connectivity index (χ3v) is 3.30. The van der Waals surface area contributed by atoms with Crippen LogP contribution < -0.4 is 10.1 Å². The highest BCUT2D eigenvalue weighted by atomic mass is 32.2. The Hall–Kier alpha value is -1.83. The van der Waals surface area contributed by atoms with Crippen LogP contribution >= 0.6 is 11.8 Å². The van der Waals surface area contributed by atoms with E-state index in [1.165, 1.54) is 11.8 Å². The molecule has 2 rings (SSSR count). The lowest BCUT2D eigenvalue weighted by Gasteiger charge is -2.07. The molecule has 0 atom stereocenters. The zero-order valence-electron chi connectivity index (χ0n) is 12.6. The lowest BCUT2D eigenvalue weighted by Crippen LogP contribution is -2.08. The van der Waals surface area contributed by atoms with Crippen LogP contribution in [-0.2, 0) is 0 Å². The molecular formula is C13H19N5O2S. The van der Waals surface area contributed by atoms with Crippen molar-refractivity contribution in [2.45, 2.75) is 44.5 Å². The number of hydrogen-bond donors (Lipinski definition) is 1. The van der Waals surface area contributed by atoms with Crippen LogP contribution in [0.2, 0.25) is 0 Å². The second kappa shape index (κ2) is 7.26. The number of nitrogens with zero attached hydrogens (tertiary/aromatic N) is 4. The molecule has 0 saturated carbocycles. The van der Waals surface area contributed by atoms with Crippen molar-refractivity contribution < 1.29 is 9.15 Å². The molecule has 0 radical (unpaired) electrons. The van der Waals surface area contributed by atoms with Crippen LogP contribution in [0, 0.1) is 13.8 Å². The summed E-state index contributed by atoms with van der Waals surface area (Å²) in [5, 5.41) is 4.14. The van der Waals surface area contributed by atoms with Gasteiger partial charge in [0, 0.05) is 18.3 Å². The average Bonchev–Trinajstić information content (AvgIpc) is 2.75. The molecule has 7 nitrogen and oxygen atoms in total. The summed E-state index contributed by atoms with van der Waals surface area (Å²) in [6, 6.07) is 0.300. The van der Waals surface area contributed by atoms with Gasteiger partial charge in [0.15, 0.2) is 0 Å². The van der Waals surface area contributed by atoms with Crippen molar-refractivity contribution >= 4 is 17.7 Å². The first-order valence-corrected chi connectivity index (χ1v) is 7.68. The molecule has 0 aliphatic carbocycles. The Morgan fingerprint density at radius 3 is 2.57 bits per heavy atom. The third kappa shape index (κ3) is 4.32. The number of oxazole rings is 1. The van der Waals surface area contributed by atoms with Gasteiger partial charge in [0.2, 0.25) is 11.1 Å². The number of hydrogen-bond acceptors (Lipinski definition) is 8. The first-order valence-electron chi connectivity index (χ1n) is 6.87. The number of rotatable bonds is 7.